The van der Waals surface area contributed by atoms with Gasteiger partial charge in [-0.1, -0.05) is 0 Å². The molecular weight excluding hydrogens is 340 g/mol. The lowest BCUT2D eigenvalue weighted by Crippen LogP contribution is -2.56. The monoisotopic (exact) mass is 350 g/mol. The first-order chi connectivity index (χ1) is 9.88. The Morgan fingerprint density at radius 2 is 1.86 bits per heavy atom. The van der Waals surface area contributed by atoms with E-state index < -0.39 is 51.4 Å². The number of carbonyl (C=O) groups is 2. The second-order valence-electron chi connectivity index (χ2n) is 5.00. The zero-order chi connectivity index (χ0) is 16.9. The molecule has 2 rings (SSSR count). The maximum Gasteiger partial charge on any atom is 0.451 e. The van der Waals surface area contributed by atoms with Crippen LogP contribution in [-0.2, 0) is 29.2 Å². The van der Waals surface area contributed by atoms with Crippen LogP contribution in [0.5, 0.6) is 0 Å². The van der Waals surface area contributed by atoms with Gasteiger partial charge in [0.15, 0.2) is 0 Å². The van der Waals surface area contributed by atoms with E-state index in [2.05, 4.69) is 4.74 Å². The van der Waals surface area contributed by atoms with Gasteiger partial charge in [0.2, 0.25) is 0 Å². The van der Waals surface area contributed by atoms with Gasteiger partial charge >= 0.3 is 33.2 Å². The Labute approximate surface area is 121 Å². The van der Waals surface area contributed by atoms with Crippen LogP contribution in [0.4, 0.5) is 17.6 Å². The second kappa shape index (κ2) is 5.05. The summed E-state index contributed by atoms with van der Waals surface area (Å²) >= 11 is 0. The SMILES string of the molecule is O=C1OC2CC1CCC2OC(=O)C(F)(C(F)(F)F)S(=O)(=O)O. The molecule has 7 nitrogen and oxygen atoms in total. The molecule has 0 radical (unpaired) electrons. The third-order valence-corrected chi connectivity index (χ3v) is 4.68. The third kappa shape index (κ3) is 2.53. The Kier molecular flexibility index (Phi) is 3.88. The van der Waals surface area contributed by atoms with Crippen molar-refractivity contribution in [2.75, 3.05) is 0 Å². The Balaban J connectivity index is 2.22. The minimum absolute atomic E-state index is 0.0773. The first kappa shape index (κ1) is 16.9. The molecule has 0 aromatic heterocycles. The number of fused-ring (bicyclic) bond motifs is 2. The summed E-state index contributed by atoms with van der Waals surface area (Å²) in [6.07, 6.45) is -8.57. The van der Waals surface area contributed by atoms with Crippen molar-refractivity contribution in [3.05, 3.63) is 0 Å². The number of esters is 2. The molecule has 4 unspecified atom stereocenters. The average Bonchev–Trinajstić information content (AvgIpc) is 2.65. The second-order valence-corrected chi connectivity index (χ2v) is 6.51. The minimum atomic E-state index is -6.47. The fourth-order valence-corrected chi connectivity index (χ4v) is 2.95. The molecule has 0 aromatic carbocycles. The van der Waals surface area contributed by atoms with E-state index in [1.165, 1.54) is 0 Å². The topological polar surface area (TPSA) is 107 Å². The van der Waals surface area contributed by atoms with Crippen molar-refractivity contribution in [3.8, 4) is 0 Å². The summed E-state index contributed by atoms with van der Waals surface area (Å²) in [5.74, 6) is -3.89. The molecule has 1 heterocycles. The van der Waals surface area contributed by atoms with E-state index >= 15 is 0 Å². The lowest BCUT2D eigenvalue weighted by atomic mass is 9.88. The maximum absolute atomic E-state index is 13.7. The van der Waals surface area contributed by atoms with Gasteiger partial charge in [-0.05, 0) is 12.8 Å². The van der Waals surface area contributed by atoms with Gasteiger partial charge in [0.05, 0.1) is 5.92 Å². The molecule has 0 amide bonds. The number of rotatable bonds is 3. The molecule has 2 fully saturated rings. The van der Waals surface area contributed by atoms with Gasteiger partial charge in [0.1, 0.15) is 12.2 Å². The van der Waals surface area contributed by atoms with Crippen molar-refractivity contribution in [3.63, 3.8) is 0 Å². The van der Waals surface area contributed by atoms with Gasteiger partial charge in [-0.15, -0.1) is 0 Å². The predicted molar refractivity (Wildman–Crippen MR) is 58.5 cm³/mol. The molecule has 126 valence electrons. The van der Waals surface area contributed by atoms with Crippen molar-refractivity contribution in [1.82, 2.24) is 0 Å². The van der Waals surface area contributed by atoms with Crippen LogP contribution in [0.2, 0.25) is 0 Å². The van der Waals surface area contributed by atoms with Crippen LogP contribution in [0.25, 0.3) is 0 Å². The van der Waals surface area contributed by atoms with E-state index in [0.717, 1.165) is 0 Å². The molecule has 1 aliphatic heterocycles. The number of hydrogen-bond donors (Lipinski definition) is 1. The number of hydrogen-bond acceptors (Lipinski definition) is 6. The van der Waals surface area contributed by atoms with Crippen molar-refractivity contribution < 1.29 is 49.6 Å². The average molecular weight is 350 g/mol. The number of halogens is 4. The molecule has 1 saturated heterocycles. The Morgan fingerprint density at radius 1 is 1.27 bits per heavy atom. The quantitative estimate of drug-likeness (QED) is 0.454. The summed E-state index contributed by atoms with van der Waals surface area (Å²) < 4.78 is 90.2. The van der Waals surface area contributed by atoms with Crippen molar-refractivity contribution >= 4 is 22.1 Å². The molecule has 2 bridgehead atoms. The van der Waals surface area contributed by atoms with Gasteiger partial charge in [-0.25, -0.2) is 9.18 Å². The minimum Gasteiger partial charge on any atom is -0.458 e. The highest BCUT2D eigenvalue weighted by Crippen LogP contribution is 2.41. The summed E-state index contributed by atoms with van der Waals surface area (Å²) in [6, 6.07) is 0. The molecule has 0 spiro atoms. The van der Waals surface area contributed by atoms with E-state index in [-0.39, 0.29) is 19.3 Å². The molecule has 22 heavy (non-hydrogen) atoms. The van der Waals surface area contributed by atoms with Gasteiger partial charge < -0.3 is 9.47 Å². The summed E-state index contributed by atoms with van der Waals surface area (Å²) in [6.45, 7) is 0. The van der Waals surface area contributed by atoms with Crippen LogP contribution in [0.15, 0.2) is 0 Å². The Hall–Kier alpha value is -1.43. The molecule has 2 aliphatic rings. The van der Waals surface area contributed by atoms with E-state index in [0.29, 0.717) is 0 Å². The third-order valence-electron chi connectivity index (χ3n) is 3.57. The van der Waals surface area contributed by atoms with E-state index in [4.69, 9.17) is 9.29 Å². The maximum atomic E-state index is 13.7. The summed E-state index contributed by atoms with van der Waals surface area (Å²) in [5, 5.41) is -5.60. The summed E-state index contributed by atoms with van der Waals surface area (Å²) in [5.41, 5.74) is 0. The van der Waals surface area contributed by atoms with Crippen LogP contribution in [0.3, 0.4) is 0 Å². The van der Waals surface area contributed by atoms with Crippen LogP contribution < -0.4 is 0 Å². The molecule has 12 heteroatoms. The molecule has 0 aromatic rings. The molecule has 1 N–H and O–H groups in total. The fraction of sp³-hybridized carbons (Fsp3) is 0.800. The Morgan fingerprint density at radius 3 is 2.36 bits per heavy atom. The highest BCUT2D eigenvalue weighted by Gasteiger charge is 2.73. The highest BCUT2D eigenvalue weighted by molar-refractivity contribution is 7.88. The van der Waals surface area contributed by atoms with Crippen molar-refractivity contribution in [1.29, 1.82) is 0 Å². The normalized spacial score (nSPS) is 31.3. The van der Waals surface area contributed by atoms with Gasteiger partial charge in [0, 0.05) is 6.42 Å². The molecular formula is C10H10F4O7S. The molecule has 1 saturated carbocycles. The van der Waals surface area contributed by atoms with Crippen molar-refractivity contribution in [2.24, 2.45) is 5.92 Å². The fourth-order valence-electron chi connectivity index (χ4n) is 2.40. The lowest BCUT2D eigenvalue weighted by Gasteiger charge is -2.29. The van der Waals surface area contributed by atoms with Crippen LogP contribution in [0, 0.1) is 5.92 Å². The van der Waals surface area contributed by atoms with Gasteiger partial charge in [-0.2, -0.15) is 21.6 Å². The predicted octanol–water partition coefficient (Wildman–Crippen LogP) is 0.740. The number of carbonyl (C=O) groups excluding carboxylic acids is 2. The summed E-state index contributed by atoms with van der Waals surface area (Å²) in [7, 11) is -6.47. The van der Waals surface area contributed by atoms with Crippen molar-refractivity contribution in [2.45, 2.75) is 42.6 Å². The van der Waals surface area contributed by atoms with Crippen LogP contribution in [-0.4, -0.2) is 48.3 Å². The highest BCUT2D eigenvalue weighted by atomic mass is 32.2. The lowest BCUT2D eigenvalue weighted by molar-refractivity contribution is -0.221. The molecule has 4 atom stereocenters. The van der Waals surface area contributed by atoms with Gasteiger partial charge in [-0.3, -0.25) is 9.35 Å². The number of ether oxygens (including phenoxy) is 2. The van der Waals surface area contributed by atoms with Crippen LogP contribution in [0.1, 0.15) is 19.3 Å². The summed E-state index contributed by atoms with van der Waals surface area (Å²) in [4.78, 5) is 22.6. The number of alkyl halides is 4. The van der Waals surface area contributed by atoms with E-state index in [1.54, 1.807) is 0 Å². The van der Waals surface area contributed by atoms with E-state index in [1.807, 2.05) is 0 Å². The first-order valence-corrected chi connectivity index (χ1v) is 7.46. The standard InChI is InChI=1S/C10H10F4O7S/c11-9(10(12,13)14,22(17,18)19)8(16)21-5-2-1-4-3-6(5)20-7(4)15/h4-6H,1-3H2,(H,17,18,19). The van der Waals surface area contributed by atoms with Crippen LogP contribution >= 0.6 is 0 Å². The van der Waals surface area contributed by atoms with Gasteiger partial charge in [0.25, 0.3) is 0 Å². The molecule has 1 aliphatic carbocycles. The zero-order valence-electron chi connectivity index (χ0n) is 10.7. The largest absolute Gasteiger partial charge is 0.458 e. The zero-order valence-corrected chi connectivity index (χ0v) is 11.5. The van der Waals surface area contributed by atoms with E-state index in [9.17, 15) is 35.6 Å². The first-order valence-electron chi connectivity index (χ1n) is 6.02. The Bertz CT molecular complexity index is 601. The smallest absolute Gasteiger partial charge is 0.451 e.